The van der Waals surface area contributed by atoms with Crippen molar-refractivity contribution in [2.24, 2.45) is 0 Å². The second kappa shape index (κ2) is 7.57. The number of amides is 1. The molecule has 0 aliphatic carbocycles. The Labute approximate surface area is 137 Å². The Hall–Kier alpha value is -2.64. The molecule has 0 saturated heterocycles. The standard InChI is InChI=1S/C19H21N3O/c1-14-6-4-9-18(15(14)2)21-19(23)13-22(3)12-17-8-5-7-16(10-17)11-20/h4-10H,12-13H2,1-3H3,(H,21,23). The van der Waals surface area contributed by atoms with E-state index in [4.69, 9.17) is 5.26 Å². The highest BCUT2D eigenvalue weighted by molar-refractivity contribution is 5.93. The Morgan fingerprint density at radius 1 is 1.22 bits per heavy atom. The largest absolute Gasteiger partial charge is 0.325 e. The lowest BCUT2D eigenvalue weighted by molar-refractivity contribution is -0.117. The van der Waals surface area contributed by atoms with Gasteiger partial charge in [-0.25, -0.2) is 0 Å². The minimum Gasteiger partial charge on any atom is -0.325 e. The SMILES string of the molecule is Cc1cccc(NC(=O)CN(C)Cc2cccc(C#N)c2)c1C. The summed E-state index contributed by atoms with van der Waals surface area (Å²) < 4.78 is 0. The van der Waals surface area contributed by atoms with Crippen molar-refractivity contribution in [2.75, 3.05) is 18.9 Å². The van der Waals surface area contributed by atoms with Crippen LogP contribution in [0.1, 0.15) is 22.3 Å². The van der Waals surface area contributed by atoms with Crippen LogP contribution in [-0.4, -0.2) is 24.4 Å². The van der Waals surface area contributed by atoms with Gasteiger partial charge in [0.1, 0.15) is 0 Å². The lowest BCUT2D eigenvalue weighted by Gasteiger charge is -2.17. The maximum atomic E-state index is 12.2. The van der Waals surface area contributed by atoms with Crippen LogP contribution in [0, 0.1) is 25.2 Å². The van der Waals surface area contributed by atoms with Crippen molar-refractivity contribution in [1.82, 2.24) is 4.90 Å². The third-order valence-corrected chi connectivity index (χ3v) is 3.80. The highest BCUT2D eigenvalue weighted by Gasteiger charge is 2.09. The maximum Gasteiger partial charge on any atom is 0.238 e. The highest BCUT2D eigenvalue weighted by atomic mass is 16.2. The minimum absolute atomic E-state index is 0.0439. The average molecular weight is 307 g/mol. The molecular weight excluding hydrogens is 286 g/mol. The molecule has 2 aromatic rings. The van der Waals surface area contributed by atoms with Crippen molar-refractivity contribution in [3.05, 3.63) is 64.7 Å². The second-order valence-electron chi connectivity index (χ2n) is 5.78. The molecule has 2 aromatic carbocycles. The first kappa shape index (κ1) is 16.7. The Morgan fingerprint density at radius 3 is 2.70 bits per heavy atom. The average Bonchev–Trinajstić information content (AvgIpc) is 2.51. The van der Waals surface area contributed by atoms with Crippen LogP contribution in [0.3, 0.4) is 0 Å². The quantitative estimate of drug-likeness (QED) is 0.922. The lowest BCUT2D eigenvalue weighted by Crippen LogP contribution is -2.30. The lowest BCUT2D eigenvalue weighted by atomic mass is 10.1. The molecule has 2 rings (SSSR count). The van der Waals surface area contributed by atoms with Crippen molar-refractivity contribution in [3.63, 3.8) is 0 Å². The predicted molar refractivity (Wildman–Crippen MR) is 92.0 cm³/mol. The van der Waals surface area contributed by atoms with E-state index < -0.39 is 0 Å². The molecule has 0 fully saturated rings. The molecule has 0 heterocycles. The number of carbonyl (C=O) groups excluding carboxylic acids is 1. The summed E-state index contributed by atoms with van der Waals surface area (Å²) >= 11 is 0. The van der Waals surface area contributed by atoms with E-state index in [-0.39, 0.29) is 5.91 Å². The zero-order valence-electron chi connectivity index (χ0n) is 13.8. The number of hydrogen-bond donors (Lipinski definition) is 1. The van der Waals surface area contributed by atoms with Crippen molar-refractivity contribution >= 4 is 11.6 Å². The summed E-state index contributed by atoms with van der Waals surface area (Å²) in [7, 11) is 1.89. The molecule has 0 radical (unpaired) electrons. The van der Waals surface area contributed by atoms with Gasteiger partial charge >= 0.3 is 0 Å². The number of nitrogens with one attached hydrogen (secondary N) is 1. The first-order chi connectivity index (χ1) is 11.0. The van der Waals surface area contributed by atoms with Gasteiger partial charge in [0.05, 0.1) is 18.2 Å². The van der Waals surface area contributed by atoms with Gasteiger partial charge in [0.15, 0.2) is 0 Å². The minimum atomic E-state index is -0.0439. The fraction of sp³-hybridized carbons (Fsp3) is 0.263. The zero-order valence-corrected chi connectivity index (χ0v) is 13.8. The van der Waals surface area contributed by atoms with E-state index in [2.05, 4.69) is 11.4 Å². The Kier molecular flexibility index (Phi) is 5.51. The van der Waals surface area contributed by atoms with Crippen LogP contribution in [0.2, 0.25) is 0 Å². The molecular formula is C19H21N3O. The van der Waals surface area contributed by atoms with Gasteiger partial charge < -0.3 is 5.32 Å². The number of likely N-dealkylation sites (N-methyl/N-ethyl adjacent to an activating group) is 1. The third-order valence-electron chi connectivity index (χ3n) is 3.80. The first-order valence-electron chi connectivity index (χ1n) is 7.53. The van der Waals surface area contributed by atoms with Crippen molar-refractivity contribution in [2.45, 2.75) is 20.4 Å². The summed E-state index contributed by atoms with van der Waals surface area (Å²) in [4.78, 5) is 14.1. The van der Waals surface area contributed by atoms with Crippen molar-refractivity contribution < 1.29 is 4.79 Å². The molecule has 0 aliphatic rings. The van der Waals surface area contributed by atoms with E-state index in [1.54, 1.807) is 6.07 Å². The number of rotatable bonds is 5. The topological polar surface area (TPSA) is 56.1 Å². The van der Waals surface area contributed by atoms with Gasteiger partial charge in [-0.2, -0.15) is 5.26 Å². The number of aryl methyl sites for hydroxylation is 1. The molecule has 4 heteroatoms. The molecule has 1 amide bonds. The first-order valence-corrected chi connectivity index (χ1v) is 7.53. The highest BCUT2D eigenvalue weighted by Crippen LogP contribution is 2.17. The van der Waals surface area contributed by atoms with Crippen LogP contribution >= 0.6 is 0 Å². The second-order valence-corrected chi connectivity index (χ2v) is 5.78. The third kappa shape index (κ3) is 4.67. The van der Waals surface area contributed by atoms with Gasteiger partial charge in [0.2, 0.25) is 5.91 Å². The Balaban J connectivity index is 1.94. The molecule has 0 atom stereocenters. The van der Waals surface area contributed by atoms with Gasteiger partial charge in [-0.15, -0.1) is 0 Å². The molecule has 4 nitrogen and oxygen atoms in total. The van der Waals surface area contributed by atoms with Crippen LogP contribution in [0.25, 0.3) is 0 Å². The number of nitriles is 1. The van der Waals surface area contributed by atoms with E-state index in [1.165, 1.54) is 0 Å². The van der Waals surface area contributed by atoms with Crippen molar-refractivity contribution in [1.29, 1.82) is 5.26 Å². The fourth-order valence-electron chi connectivity index (χ4n) is 2.43. The van der Waals surface area contributed by atoms with Gasteiger partial charge in [0.25, 0.3) is 0 Å². The normalized spacial score (nSPS) is 10.4. The zero-order chi connectivity index (χ0) is 16.8. The molecule has 0 unspecified atom stereocenters. The molecule has 0 saturated carbocycles. The van der Waals surface area contributed by atoms with Crippen molar-refractivity contribution in [3.8, 4) is 6.07 Å². The summed E-state index contributed by atoms with van der Waals surface area (Å²) in [6.07, 6.45) is 0. The number of hydrogen-bond acceptors (Lipinski definition) is 3. The number of nitrogens with zero attached hydrogens (tertiary/aromatic N) is 2. The predicted octanol–water partition coefficient (Wildman–Crippen LogP) is 3.25. The molecule has 0 aliphatic heterocycles. The summed E-state index contributed by atoms with van der Waals surface area (Å²) in [6.45, 7) is 4.95. The van der Waals surface area contributed by atoms with E-state index >= 15 is 0 Å². The number of carbonyl (C=O) groups is 1. The van der Waals surface area contributed by atoms with Crippen LogP contribution in [0.5, 0.6) is 0 Å². The van der Waals surface area contributed by atoms with E-state index in [9.17, 15) is 4.79 Å². The summed E-state index contributed by atoms with van der Waals surface area (Å²) in [5, 5.41) is 11.9. The van der Waals surface area contributed by atoms with E-state index in [0.29, 0.717) is 18.7 Å². The fourth-order valence-corrected chi connectivity index (χ4v) is 2.43. The van der Waals surface area contributed by atoms with Crippen LogP contribution in [0.4, 0.5) is 5.69 Å². The van der Waals surface area contributed by atoms with Gasteiger partial charge in [-0.1, -0.05) is 24.3 Å². The number of benzene rings is 2. The molecule has 0 bridgehead atoms. The van der Waals surface area contributed by atoms with E-state index in [1.807, 2.05) is 62.2 Å². The van der Waals surface area contributed by atoms with Crippen LogP contribution in [0.15, 0.2) is 42.5 Å². The van der Waals surface area contributed by atoms with E-state index in [0.717, 1.165) is 22.4 Å². The summed E-state index contributed by atoms with van der Waals surface area (Å²) in [5.74, 6) is -0.0439. The Morgan fingerprint density at radius 2 is 1.96 bits per heavy atom. The van der Waals surface area contributed by atoms with Gasteiger partial charge in [-0.3, -0.25) is 9.69 Å². The molecule has 118 valence electrons. The number of anilines is 1. The van der Waals surface area contributed by atoms with Crippen LogP contribution < -0.4 is 5.32 Å². The molecule has 1 N–H and O–H groups in total. The Bertz CT molecular complexity index is 747. The van der Waals surface area contributed by atoms with Crippen LogP contribution in [-0.2, 0) is 11.3 Å². The summed E-state index contributed by atoms with van der Waals surface area (Å²) in [6, 6.07) is 15.4. The van der Waals surface area contributed by atoms with Gasteiger partial charge in [0, 0.05) is 12.2 Å². The monoisotopic (exact) mass is 307 g/mol. The summed E-state index contributed by atoms with van der Waals surface area (Å²) in [5.41, 5.74) is 4.76. The molecule has 0 spiro atoms. The molecule has 0 aromatic heterocycles. The van der Waals surface area contributed by atoms with Gasteiger partial charge in [-0.05, 0) is 55.8 Å². The maximum absolute atomic E-state index is 12.2. The molecule has 23 heavy (non-hydrogen) atoms. The smallest absolute Gasteiger partial charge is 0.238 e.